The molecule has 1 N–H and O–H groups in total. The molecule has 6 nitrogen and oxygen atoms in total. The fourth-order valence-electron chi connectivity index (χ4n) is 2.85. The van der Waals surface area contributed by atoms with Crippen molar-refractivity contribution in [1.29, 1.82) is 0 Å². The number of nitro benzene ring substituents is 1. The van der Waals surface area contributed by atoms with Crippen LogP contribution in [-0.2, 0) is 4.79 Å². The molecule has 1 aliphatic carbocycles. The Labute approximate surface area is 121 Å². The van der Waals surface area contributed by atoms with Crippen LogP contribution >= 0.6 is 0 Å². The number of carboxylic acids is 1. The summed E-state index contributed by atoms with van der Waals surface area (Å²) in [5.74, 6) is -1.14. The summed E-state index contributed by atoms with van der Waals surface area (Å²) in [5.41, 5.74) is 0.396. The Balaban J connectivity index is 1.97. The minimum absolute atomic E-state index is 0.0462. The summed E-state index contributed by atoms with van der Waals surface area (Å²) in [5, 5.41) is 19.6. The molecular weight excluding hydrogens is 274 g/mol. The van der Waals surface area contributed by atoms with Gasteiger partial charge in [0.15, 0.2) is 5.78 Å². The first-order chi connectivity index (χ1) is 9.97. The average Bonchev–Trinajstić information content (AvgIpc) is 2.47. The predicted octanol–water partition coefficient (Wildman–Crippen LogP) is 3.06. The molecule has 6 heteroatoms. The number of carbonyl (C=O) groups is 2. The fourth-order valence-corrected chi connectivity index (χ4v) is 2.85. The van der Waals surface area contributed by atoms with Gasteiger partial charge in [-0.3, -0.25) is 19.7 Å². The van der Waals surface area contributed by atoms with Crippen molar-refractivity contribution in [2.24, 2.45) is 11.8 Å². The quantitative estimate of drug-likeness (QED) is 0.510. The molecule has 0 heterocycles. The van der Waals surface area contributed by atoms with Crippen LogP contribution < -0.4 is 0 Å². The summed E-state index contributed by atoms with van der Waals surface area (Å²) in [6.45, 7) is 0. The Morgan fingerprint density at radius 2 is 1.90 bits per heavy atom. The predicted molar refractivity (Wildman–Crippen MR) is 75.1 cm³/mol. The van der Waals surface area contributed by atoms with E-state index in [0.29, 0.717) is 24.8 Å². The van der Waals surface area contributed by atoms with Crippen LogP contribution in [0, 0.1) is 22.0 Å². The molecule has 1 aliphatic rings. The lowest BCUT2D eigenvalue weighted by atomic mass is 9.78. The zero-order valence-electron chi connectivity index (χ0n) is 11.5. The summed E-state index contributed by atoms with van der Waals surface area (Å²) in [6, 6.07) is 5.54. The molecule has 1 fully saturated rings. The summed E-state index contributed by atoms with van der Waals surface area (Å²) < 4.78 is 0. The first-order valence-electron chi connectivity index (χ1n) is 6.98. The van der Waals surface area contributed by atoms with Crippen LogP contribution in [0.3, 0.4) is 0 Å². The van der Waals surface area contributed by atoms with Gasteiger partial charge in [-0.25, -0.2) is 0 Å². The van der Waals surface area contributed by atoms with Crippen molar-refractivity contribution >= 4 is 17.4 Å². The van der Waals surface area contributed by atoms with Gasteiger partial charge in [0, 0.05) is 24.1 Å². The second-order valence-electron chi connectivity index (χ2n) is 5.50. The van der Waals surface area contributed by atoms with E-state index in [1.807, 2.05) is 0 Å². The number of aliphatic carboxylic acids is 1. The standard InChI is InChI=1S/C15H17NO5/c17-14(11-4-6-13(7-5-11)16(20)21)9-10-2-1-3-12(8-10)15(18)19/h4-7,10,12H,1-3,8-9H2,(H,18,19). The average molecular weight is 291 g/mol. The van der Waals surface area contributed by atoms with Gasteiger partial charge >= 0.3 is 5.97 Å². The third kappa shape index (κ3) is 3.87. The lowest BCUT2D eigenvalue weighted by molar-refractivity contribution is -0.384. The number of nitrogens with zero attached hydrogens (tertiary/aromatic N) is 1. The van der Waals surface area contributed by atoms with E-state index in [9.17, 15) is 19.7 Å². The fraction of sp³-hybridized carbons (Fsp3) is 0.467. The van der Waals surface area contributed by atoms with E-state index in [0.717, 1.165) is 12.8 Å². The van der Waals surface area contributed by atoms with Crippen LogP contribution in [0.15, 0.2) is 24.3 Å². The number of benzene rings is 1. The SMILES string of the molecule is O=C(CC1CCCC(C(=O)O)C1)c1ccc([N+](=O)[O-])cc1. The van der Waals surface area contributed by atoms with Crippen LogP contribution in [0.4, 0.5) is 5.69 Å². The number of nitro groups is 1. The molecule has 0 radical (unpaired) electrons. The number of non-ortho nitro benzene ring substituents is 1. The molecule has 0 saturated heterocycles. The first-order valence-corrected chi connectivity index (χ1v) is 6.98. The second kappa shape index (κ2) is 6.47. The molecular formula is C15H17NO5. The molecule has 0 bridgehead atoms. The van der Waals surface area contributed by atoms with Gasteiger partial charge in [-0.1, -0.05) is 6.42 Å². The van der Waals surface area contributed by atoms with Gasteiger partial charge in [0.25, 0.3) is 5.69 Å². The number of hydrogen-bond donors (Lipinski definition) is 1. The van der Waals surface area contributed by atoms with Crippen molar-refractivity contribution in [3.05, 3.63) is 39.9 Å². The molecule has 1 aromatic carbocycles. The Kier molecular flexibility index (Phi) is 4.67. The lowest BCUT2D eigenvalue weighted by Crippen LogP contribution is -2.24. The third-order valence-electron chi connectivity index (χ3n) is 4.01. The summed E-state index contributed by atoms with van der Waals surface area (Å²) in [4.78, 5) is 33.2. The third-order valence-corrected chi connectivity index (χ3v) is 4.01. The highest BCUT2D eigenvalue weighted by Gasteiger charge is 2.28. The Morgan fingerprint density at radius 1 is 1.24 bits per heavy atom. The molecule has 2 unspecified atom stereocenters. The number of carboxylic acid groups (broad SMARTS) is 1. The van der Waals surface area contributed by atoms with Gasteiger partial charge < -0.3 is 5.11 Å². The van der Waals surface area contributed by atoms with Gasteiger partial charge in [0.05, 0.1) is 10.8 Å². The van der Waals surface area contributed by atoms with E-state index in [-0.39, 0.29) is 23.3 Å². The number of Topliss-reactive ketones (excluding diaryl/α,β-unsaturated/α-hetero) is 1. The summed E-state index contributed by atoms with van der Waals surface area (Å²) in [7, 11) is 0. The Bertz CT molecular complexity index is 552. The minimum Gasteiger partial charge on any atom is -0.481 e. The zero-order valence-corrected chi connectivity index (χ0v) is 11.5. The normalized spacial score (nSPS) is 21.7. The van der Waals surface area contributed by atoms with E-state index in [2.05, 4.69) is 0 Å². The number of rotatable bonds is 5. The van der Waals surface area contributed by atoms with Crippen LogP contribution in [-0.4, -0.2) is 21.8 Å². The van der Waals surface area contributed by atoms with Crippen molar-refractivity contribution in [2.75, 3.05) is 0 Å². The molecule has 1 saturated carbocycles. The van der Waals surface area contributed by atoms with E-state index >= 15 is 0 Å². The first kappa shape index (κ1) is 15.2. The molecule has 112 valence electrons. The van der Waals surface area contributed by atoms with E-state index < -0.39 is 10.9 Å². The van der Waals surface area contributed by atoms with Gasteiger partial charge in [0.1, 0.15) is 0 Å². The molecule has 0 amide bonds. The summed E-state index contributed by atoms with van der Waals surface area (Å²) in [6.07, 6.45) is 3.21. The van der Waals surface area contributed by atoms with E-state index in [1.54, 1.807) is 0 Å². The summed E-state index contributed by atoms with van der Waals surface area (Å²) >= 11 is 0. The molecule has 0 aliphatic heterocycles. The number of carbonyl (C=O) groups excluding carboxylic acids is 1. The van der Waals surface area contributed by atoms with Gasteiger partial charge in [0.2, 0.25) is 0 Å². The van der Waals surface area contributed by atoms with Gasteiger partial charge in [-0.2, -0.15) is 0 Å². The monoisotopic (exact) mass is 291 g/mol. The number of hydrogen-bond acceptors (Lipinski definition) is 4. The topological polar surface area (TPSA) is 97.5 Å². The maximum absolute atomic E-state index is 12.2. The van der Waals surface area contributed by atoms with Crippen LogP contribution in [0.1, 0.15) is 42.5 Å². The molecule has 0 aromatic heterocycles. The molecule has 1 aromatic rings. The lowest BCUT2D eigenvalue weighted by Gasteiger charge is -2.26. The van der Waals surface area contributed by atoms with Crippen molar-refractivity contribution in [1.82, 2.24) is 0 Å². The maximum Gasteiger partial charge on any atom is 0.306 e. The number of ketones is 1. The van der Waals surface area contributed by atoms with Crippen LogP contribution in [0.2, 0.25) is 0 Å². The largest absolute Gasteiger partial charge is 0.481 e. The van der Waals surface area contributed by atoms with Gasteiger partial charge in [-0.15, -0.1) is 0 Å². The second-order valence-corrected chi connectivity index (χ2v) is 5.50. The van der Waals surface area contributed by atoms with Crippen LogP contribution in [0.25, 0.3) is 0 Å². The van der Waals surface area contributed by atoms with Crippen LogP contribution in [0.5, 0.6) is 0 Å². The highest BCUT2D eigenvalue weighted by Crippen LogP contribution is 2.32. The van der Waals surface area contributed by atoms with Crippen molar-refractivity contribution in [3.63, 3.8) is 0 Å². The smallest absolute Gasteiger partial charge is 0.306 e. The van der Waals surface area contributed by atoms with Crippen molar-refractivity contribution in [3.8, 4) is 0 Å². The Hall–Kier alpha value is -2.24. The van der Waals surface area contributed by atoms with E-state index in [1.165, 1.54) is 24.3 Å². The van der Waals surface area contributed by atoms with Crippen molar-refractivity contribution in [2.45, 2.75) is 32.1 Å². The molecule has 21 heavy (non-hydrogen) atoms. The molecule has 2 atom stereocenters. The Morgan fingerprint density at radius 3 is 2.48 bits per heavy atom. The minimum atomic E-state index is -0.789. The maximum atomic E-state index is 12.2. The zero-order chi connectivity index (χ0) is 15.4. The van der Waals surface area contributed by atoms with Crippen molar-refractivity contribution < 1.29 is 19.6 Å². The highest BCUT2D eigenvalue weighted by atomic mass is 16.6. The molecule has 2 rings (SSSR count). The van der Waals surface area contributed by atoms with E-state index in [4.69, 9.17) is 5.11 Å². The molecule has 0 spiro atoms. The highest BCUT2D eigenvalue weighted by molar-refractivity contribution is 5.96. The van der Waals surface area contributed by atoms with Gasteiger partial charge in [-0.05, 0) is 37.3 Å².